The Morgan fingerprint density at radius 3 is 2.53 bits per heavy atom. The van der Waals surface area contributed by atoms with Gasteiger partial charge < -0.3 is 5.32 Å². The summed E-state index contributed by atoms with van der Waals surface area (Å²) in [5.41, 5.74) is 0.826. The maximum Gasteiger partial charge on any atom is 0.179 e. The zero-order valence-electron chi connectivity index (χ0n) is 8.61. The topological polar surface area (TPSA) is 29.1 Å². The van der Waals surface area contributed by atoms with Gasteiger partial charge in [0, 0.05) is 5.56 Å². The summed E-state index contributed by atoms with van der Waals surface area (Å²) in [4.78, 5) is 11.9. The summed E-state index contributed by atoms with van der Waals surface area (Å²) in [6.07, 6.45) is 3.34. The average molecular weight is 226 g/mol. The molecule has 1 aromatic carbocycles. The number of carbonyl (C=O) groups excluding carboxylic acids is 1. The SMILES string of the molecule is Cl.O=C(c1ccccc1)C1CCCCN1. The Kier molecular flexibility index (Phi) is 4.79. The highest BCUT2D eigenvalue weighted by Crippen LogP contribution is 2.12. The molecule has 1 aliphatic heterocycles. The molecule has 2 nitrogen and oxygen atoms in total. The number of hydrogen-bond donors (Lipinski definition) is 1. The van der Waals surface area contributed by atoms with Crippen LogP contribution in [0, 0.1) is 0 Å². The molecule has 1 N–H and O–H groups in total. The number of halogens is 1. The second-order valence-corrected chi connectivity index (χ2v) is 3.73. The van der Waals surface area contributed by atoms with Crippen molar-refractivity contribution in [1.29, 1.82) is 0 Å². The number of hydrogen-bond acceptors (Lipinski definition) is 2. The third kappa shape index (κ3) is 3.05. The van der Waals surface area contributed by atoms with E-state index in [1.807, 2.05) is 30.3 Å². The maximum atomic E-state index is 11.9. The van der Waals surface area contributed by atoms with Gasteiger partial charge in [0.25, 0.3) is 0 Å². The van der Waals surface area contributed by atoms with Crippen LogP contribution in [-0.4, -0.2) is 18.4 Å². The number of carbonyl (C=O) groups is 1. The number of Topliss-reactive ketones (excluding diaryl/α,β-unsaturated/α-hetero) is 1. The van der Waals surface area contributed by atoms with Crippen LogP contribution in [0.5, 0.6) is 0 Å². The quantitative estimate of drug-likeness (QED) is 0.784. The van der Waals surface area contributed by atoms with Crippen LogP contribution < -0.4 is 5.32 Å². The molecule has 1 atom stereocenters. The lowest BCUT2D eigenvalue weighted by molar-refractivity contribution is 0.0927. The van der Waals surface area contributed by atoms with Crippen molar-refractivity contribution in [2.45, 2.75) is 25.3 Å². The molecule has 1 heterocycles. The van der Waals surface area contributed by atoms with Crippen LogP contribution in [-0.2, 0) is 0 Å². The molecule has 3 heteroatoms. The van der Waals surface area contributed by atoms with Crippen LogP contribution in [0.25, 0.3) is 0 Å². The van der Waals surface area contributed by atoms with Gasteiger partial charge in [-0.05, 0) is 19.4 Å². The lowest BCUT2D eigenvalue weighted by Gasteiger charge is -2.22. The fourth-order valence-electron chi connectivity index (χ4n) is 1.88. The minimum absolute atomic E-state index is 0. The van der Waals surface area contributed by atoms with Crippen LogP contribution in [0.15, 0.2) is 30.3 Å². The third-order valence-corrected chi connectivity index (χ3v) is 2.69. The van der Waals surface area contributed by atoms with Crippen molar-refractivity contribution in [3.05, 3.63) is 35.9 Å². The Hall–Kier alpha value is -0.860. The van der Waals surface area contributed by atoms with Gasteiger partial charge in [-0.25, -0.2) is 0 Å². The van der Waals surface area contributed by atoms with Gasteiger partial charge in [0.15, 0.2) is 5.78 Å². The van der Waals surface area contributed by atoms with Gasteiger partial charge in [0.2, 0.25) is 0 Å². The van der Waals surface area contributed by atoms with Gasteiger partial charge in [-0.2, -0.15) is 0 Å². The van der Waals surface area contributed by atoms with E-state index in [0.29, 0.717) is 0 Å². The molecule has 1 unspecified atom stereocenters. The van der Waals surface area contributed by atoms with Crippen LogP contribution >= 0.6 is 12.4 Å². The highest BCUT2D eigenvalue weighted by atomic mass is 35.5. The summed E-state index contributed by atoms with van der Waals surface area (Å²) >= 11 is 0. The van der Waals surface area contributed by atoms with E-state index in [1.165, 1.54) is 6.42 Å². The van der Waals surface area contributed by atoms with Crippen molar-refractivity contribution in [2.75, 3.05) is 6.54 Å². The van der Waals surface area contributed by atoms with Gasteiger partial charge >= 0.3 is 0 Å². The van der Waals surface area contributed by atoms with E-state index in [1.54, 1.807) is 0 Å². The van der Waals surface area contributed by atoms with Crippen LogP contribution in [0.3, 0.4) is 0 Å². The van der Waals surface area contributed by atoms with Gasteiger partial charge in [0.1, 0.15) is 0 Å². The molecule has 0 amide bonds. The zero-order valence-corrected chi connectivity index (χ0v) is 9.43. The van der Waals surface area contributed by atoms with Gasteiger partial charge in [0.05, 0.1) is 6.04 Å². The van der Waals surface area contributed by atoms with Gasteiger partial charge in [-0.3, -0.25) is 4.79 Å². The molecular weight excluding hydrogens is 210 g/mol. The van der Waals surface area contributed by atoms with Crippen molar-refractivity contribution in [2.24, 2.45) is 0 Å². The summed E-state index contributed by atoms with van der Waals surface area (Å²) in [5.74, 6) is 0.241. The van der Waals surface area contributed by atoms with E-state index < -0.39 is 0 Å². The van der Waals surface area contributed by atoms with E-state index >= 15 is 0 Å². The third-order valence-electron chi connectivity index (χ3n) is 2.69. The Balaban J connectivity index is 0.00000112. The summed E-state index contributed by atoms with van der Waals surface area (Å²) in [6, 6.07) is 9.58. The molecule has 1 aromatic rings. The second-order valence-electron chi connectivity index (χ2n) is 3.73. The molecule has 0 bridgehead atoms. The summed E-state index contributed by atoms with van der Waals surface area (Å²) in [6.45, 7) is 0.975. The lowest BCUT2D eigenvalue weighted by atomic mass is 9.96. The minimum Gasteiger partial charge on any atom is -0.307 e. The summed E-state index contributed by atoms with van der Waals surface area (Å²) in [7, 11) is 0. The summed E-state index contributed by atoms with van der Waals surface area (Å²) in [5, 5.41) is 3.27. The molecule has 1 saturated heterocycles. The molecule has 82 valence electrons. The van der Waals surface area contributed by atoms with E-state index in [9.17, 15) is 4.79 Å². The van der Waals surface area contributed by atoms with Crippen LogP contribution in [0.2, 0.25) is 0 Å². The maximum absolute atomic E-state index is 11.9. The van der Waals surface area contributed by atoms with Crippen molar-refractivity contribution in [1.82, 2.24) is 5.32 Å². The molecule has 15 heavy (non-hydrogen) atoms. The van der Waals surface area contributed by atoms with E-state index in [2.05, 4.69) is 5.32 Å². The van der Waals surface area contributed by atoms with Crippen molar-refractivity contribution < 1.29 is 4.79 Å². The van der Waals surface area contributed by atoms with Gasteiger partial charge in [-0.1, -0.05) is 36.8 Å². The van der Waals surface area contributed by atoms with Crippen LogP contribution in [0.1, 0.15) is 29.6 Å². The van der Waals surface area contributed by atoms with Crippen molar-refractivity contribution in [3.8, 4) is 0 Å². The molecule has 0 spiro atoms. The first-order valence-electron chi connectivity index (χ1n) is 5.20. The Bertz CT molecular complexity index is 307. The number of rotatable bonds is 2. The molecule has 0 aromatic heterocycles. The Morgan fingerprint density at radius 2 is 1.93 bits per heavy atom. The number of ketones is 1. The van der Waals surface area contributed by atoms with Crippen molar-refractivity contribution >= 4 is 18.2 Å². The molecule has 0 radical (unpaired) electrons. The number of piperidine rings is 1. The van der Waals surface area contributed by atoms with E-state index in [-0.39, 0.29) is 24.2 Å². The Morgan fingerprint density at radius 1 is 1.20 bits per heavy atom. The molecule has 0 aliphatic carbocycles. The zero-order chi connectivity index (χ0) is 9.80. The Labute approximate surface area is 96.5 Å². The lowest BCUT2D eigenvalue weighted by Crippen LogP contribution is -2.40. The average Bonchev–Trinajstić information content (AvgIpc) is 2.30. The van der Waals surface area contributed by atoms with Crippen LogP contribution in [0.4, 0.5) is 0 Å². The highest BCUT2D eigenvalue weighted by molar-refractivity contribution is 6.00. The molecule has 2 rings (SSSR count). The van der Waals surface area contributed by atoms with Crippen molar-refractivity contribution in [3.63, 3.8) is 0 Å². The first-order valence-corrected chi connectivity index (χ1v) is 5.20. The first kappa shape index (κ1) is 12.2. The van der Waals surface area contributed by atoms with E-state index in [0.717, 1.165) is 24.9 Å². The first-order chi connectivity index (χ1) is 6.88. The second kappa shape index (κ2) is 5.89. The predicted molar refractivity (Wildman–Crippen MR) is 63.7 cm³/mol. The molecule has 1 fully saturated rings. The predicted octanol–water partition coefficient (Wildman–Crippen LogP) is 2.43. The van der Waals surface area contributed by atoms with Gasteiger partial charge in [-0.15, -0.1) is 12.4 Å². The molecule has 1 aliphatic rings. The fraction of sp³-hybridized carbons (Fsp3) is 0.417. The highest BCUT2D eigenvalue weighted by Gasteiger charge is 2.21. The molecular formula is C12H16ClNO. The van der Waals surface area contributed by atoms with E-state index in [4.69, 9.17) is 0 Å². The summed E-state index contributed by atoms with van der Waals surface area (Å²) < 4.78 is 0. The molecule has 0 saturated carbocycles. The fourth-order valence-corrected chi connectivity index (χ4v) is 1.88. The smallest absolute Gasteiger partial charge is 0.179 e. The monoisotopic (exact) mass is 225 g/mol. The largest absolute Gasteiger partial charge is 0.307 e. The number of nitrogens with one attached hydrogen (secondary N) is 1. The standard InChI is InChI=1S/C12H15NO.ClH/c14-12(10-6-2-1-3-7-10)11-8-4-5-9-13-11;/h1-3,6-7,11,13H,4-5,8-9H2;1H. The number of benzene rings is 1. The normalized spacial score (nSPS) is 20.4. The minimum atomic E-state index is 0.